The predicted molar refractivity (Wildman–Crippen MR) is 113 cm³/mol. The second-order valence-electron chi connectivity index (χ2n) is 6.97. The van der Waals surface area contributed by atoms with Crippen LogP contribution in [0.1, 0.15) is 18.1 Å². The van der Waals surface area contributed by atoms with Crippen LogP contribution in [0.15, 0.2) is 60.7 Å². The highest BCUT2D eigenvalue weighted by molar-refractivity contribution is 5.84. The average Bonchev–Trinajstić information content (AvgIpc) is 2.74. The topological polar surface area (TPSA) is 9.23 Å². The van der Waals surface area contributed by atoms with E-state index < -0.39 is 34.6 Å². The molecule has 0 bridgehead atoms. The van der Waals surface area contributed by atoms with Crippen LogP contribution in [0.5, 0.6) is 5.75 Å². The summed E-state index contributed by atoms with van der Waals surface area (Å²) < 4.78 is 75.6. The van der Waals surface area contributed by atoms with Gasteiger partial charge >= 0.3 is 0 Å². The molecule has 0 aliphatic rings. The van der Waals surface area contributed by atoms with Crippen molar-refractivity contribution in [1.82, 2.24) is 0 Å². The van der Waals surface area contributed by atoms with Crippen LogP contribution in [0.3, 0.4) is 0 Å². The highest BCUT2D eigenvalue weighted by Gasteiger charge is 2.14. The number of fused-ring (bicyclic) bond motifs is 1. The minimum Gasteiger partial charge on any atom is -0.494 e. The summed E-state index contributed by atoms with van der Waals surface area (Å²) in [5, 5.41) is 0.867. The molecular formula is C26H15F5O. The molecule has 6 heteroatoms. The summed E-state index contributed by atoms with van der Waals surface area (Å²) in [6, 6.07) is 12.7. The molecule has 4 rings (SSSR count). The summed E-state index contributed by atoms with van der Waals surface area (Å²) >= 11 is 0. The molecule has 1 nitrogen and oxygen atoms in total. The predicted octanol–water partition coefficient (Wildman–Crippen LogP) is 7.00. The van der Waals surface area contributed by atoms with E-state index in [4.69, 9.17) is 4.74 Å². The Morgan fingerprint density at radius 2 is 1.34 bits per heavy atom. The lowest BCUT2D eigenvalue weighted by atomic mass is 10.0. The minimum atomic E-state index is -1.00. The number of benzene rings is 4. The summed E-state index contributed by atoms with van der Waals surface area (Å²) in [5.74, 6) is 0.822. The van der Waals surface area contributed by atoms with E-state index in [1.54, 1.807) is 6.92 Å². The van der Waals surface area contributed by atoms with E-state index in [2.05, 4.69) is 11.8 Å². The minimum absolute atomic E-state index is 0.0225. The van der Waals surface area contributed by atoms with Gasteiger partial charge in [0.05, 0.1) is 12.2 Å². The van der Waals surface area contributed by atoms with Crippen molar-refractivity contribution in [2.45, 2.75) is 6.92 Å². The van der Waals surface area contributed by atoms with Crippen LogP contribution in [0, 0.1) is 40.9 Å². The Hall–Kier alpha value is -3.85. The second kappa shape index (κ2) is 8.72. The first-order valence-electron chi connectivity index (χ1n) is 9.68. The fourth-order valence-corrected chi connectivity index (χ4v) is 3.29. The van der Waals surface area contributed by atoms with Gasteiger partial charge in [0.15, 0.2) is 11.6 Å². The fraction of sp³-hybridized carbons (Fsp3) is 0.0769. The largest absolute Gasteiger partial charge is 0.494 e. The molecule has 0 spiro atoms. The van der Waals surface area contributed by atoms with Gasteiger partial charge in [-0.3, -0.25) is 0 Å². The molecule has 0 amide bonds. The van der Waals surface area contributed by atoms with Gasteiger partial charge in [-0.15, -0.1) is 0 Å². The maximum Gasteiger partial charge on any atom is 0.159 e. The summed E-state index contributed by atoms with van der Waals surface area (Å²) in [5.41, 5.74) is -0.0710. The van der Waals surface area contributed by atoms with Gasteiger partial charge in [-0.1, -0.05) is 17.9 Å². The van der Waals surface area contributed by atoms with Gasteiger partial charge in [-0.25, -0.2) is 22.0 Å². The number of rotatable bonds is 3. The highest BCUT2D eigenvalue weighted by Crippen LogP contribution is 2.29. The van der Waals surface area contributed by atoms with Crippen molar-refractivity contribution in [1.29, 1.82) is 0 Å². The van der Waals surface area contributed by atoms with Crippen molar-refractivity contribution < 1.29 is 26.7 Å². The molecule has 0 saturated carbocycles. The molecule has 4 aromatic rings. The third-order valence-electron chi connectivity index (χ3n) is 4.82. The van der Waals surface area contributed by atoms with Crippen molar-refractivity contribution >= 4 is 10.8 Å². The van der Waals surface area contributed by atoms with Crippen LogP contribution in [0.25, 0.3) is 21.9 Å². The van der Waals surface area contributed by atoms with Crippen LogP contribution >= 0.6 is 0 Å². The monoisotopic (exact) mass is 438 g/mol. The first-order chi connectivity index (χ1) is 15.4. The Kier molecular flexibility index (Phi) is 5.83. The van der Waals surface area contributed by atoms with E-state index in [1.807, 2.05) is 0 Å². The van der Waals surface area contributed by atoms with Crippen LogP contribution in [0.4, 0.5) is 22.0 Å². The first-order valence-corrected chi connectivity index (χ1v) is 9.68. The van der Waals surface area contributed by atoms with Crippen molar-refractivity contribution in [2.24, 2.45) is 0 Å². The molecule has 0 atom stereocenters. The normalized spacial score (nSPS) is 10.7. The number of halogens is 5. The summed E-state index contributed by atoms with van der Waals surface area (Å²) in [4.78, 5) is 0. The van der Waals surface area contributed by atoms with E-state index in [0.717, 1.165) is 30.3 Å². The van der Waals surface area contributed by atoms with E-state index >= 15 is 0 Å². The number of hydrogen-bond donors (Lipinski definition) is 0. The van der Waals surface area contributed by atoms with Crippen LogP contribution in [-0.2, 0) is 0 Å². The molecule has 0 heterocycles. The lowest BCUT2D eigenvalue weighted by molar-refractivity contribution is 0.338. The summed E-state index contributed by atoms with van der Waals surface area (Å²) in [6.07, 6.45) is 0. The molecule has 0 aromatic heterocycles. The second-order valence-corrected chi connectivity index (χ2v) is 6.97. The average molecular weight is 438 g/mol. The zero-order chi connectivity index (χ0) is 22.8. The molecule has 0 saturated heterocycles. The Balaban J connectivity index is 1.68. The van der Waals surface area contributed by atoms with Gasteiger partial charge in [0.1, 0.15) is 23.2 Å². The van der Waals surface area contributed by atoms with E-state index in [9.17, 15) is 22.0 Å². The number of ether oxygens (including phenoxy) is 1. The zero-order valence-electron chi connectivity index (χ0n) is 16.8. The molecule has 160 valence electrons. The van der Waals surface area contributed by atoms with Crippen LogP contribution in [-0.4, -0.2) is 6.61 Å². The smallest absolute Gasteiger partial charge is 0.159 e. The van der Waals surface area contributed by atoms with Crippen molar-refractivity contribution in [2.75, 3.05) is 6.61 Å². The third kappa shape index (κ3) is 4.28. The lowest BCUT2D eigenvalue weighted by Gasteiger charge is -2.08. The molecule has 0 N–H and O–H groups in total. The Labute approximate surface area is 181 Å². The molecule has 0 fully saturated rings. The van der Waals surface area contributed by atoms with E-state index in [1.165, 1.54) is 30.3 Å². The van der Waals surface area contributed by atoms with Gasteiger partial charge in [-0.2, -0.15) is 0 Å². The van der Waals surface area contributed by atoms with Gasteiger partial charge in [0.25, 0.3) is 0 Å². The lowest BCUT2D eigenvalue weighted by Crippen LogP contribution is -1.96. The summed E-state index contributed by atoms with van der Waals surface area (Å²) in [7, 11) is 0. The highest BCUT2D eigenvalue weighted by atomic mass is 19.2. The van der Waals surface area contributed by atoms with E-state index in [-0.39, 0.29) is 11.1 Å². The fourth-order valence-electron chi connectivity index (χ4n) is 3.29. The maximum atomic E-state index is 14.6. The van der Waals surface area contributed by atoms with Crippen LogP contribution in [0.2, 0.25) is 0 Å². The van der Waals surface area contributed by atoms with Gasteiger partial charge in [0, 0.05) is 17.2 Å². The quantitative estimate of drug-likeness (QED) is 0.247. The van der Waals surface area contributed by atoms with E-state index in [0.29, 0.717) is 28.7 Å². The molecule has 0 radical (unpaired) electrons. The molecular weight excluding hydrogens is 423 g/mol. The van der Waals surface area contributed by atoms with Crippen molar-refractivity contribution in [3.63, 3.8) is 0 Å². The third-order valence-corrected chi connectivity index (χ3v) is 4.82. The standard InChI is InChI=1S/C26H15F5O/c1-2-32-19-6-8-20(24(29)14-19)18-12-22(27)21(23(28)13-18)7-4-15-3-5-16-10-25(30)26(31)11-17(16)9-15/h3,5-6,8-14H,2H2,1H3. The molecule has 0 aliphatic carbocycles. The number of hydrogen-bond acceptors (Lipinski definition) is 1. The van der Waals surface area contributed by atoms with Crippen LogP contribution < -0.4 is 4.74 Å². The Morgan fingerprint density at radius 1 is 0.656 bits per heavy atom. The van der Waals surface area contributed by atoms with Gasteiger partial charge in [-0.05, 0) is 71.8 Å². The van der Waals surface area contributed by atoms with Crippen molar-refractivity contribution in [3.8, 4) is 28.7 Å². The van der Waals surface area contributed by atoms with Crippen molar-refractivity contribution in [3.05, 3.63) is 101 Å². The molecule has 4 aromatic carbocycles. The molecule has 0 aliphatic heterocycles. The van der Waals surface area contributed by atoms with Gasteiger partial charge < -0.3 is 4.74 Å². The Bertz CT molecular complexity index is 1380. The first kappa shape index (κ1) is 21.4. The SMILES string of the molecule is CCOc1ccc(-c2cc(F)c(C#Cc3ccc4cc(F)c(F)cc4c3)c(F)c2)c(F)c1. The van der Waals surface area contributed by atoms with Gasteiger partial charge in [0.2, 0.25) is 0 Å². The molecule has 32 heavy (non-hydrogen) atoms. The maximum absolute atomic E-state index is 14.6. The molecule has 0 unspecified atom stereocenters. The Morgan fingerprint density at radius 3 is 2.00 bits per heavy atom. The summed E-state index contributed by atoms with van der Waals surface area (Å²) in [6.45, 7) is 2.12. The zero-order valence-corrected chi connectivity index (χ0v) is 16.8.